The molecule has 0 unspecified atom stereocenters. The summed E-state index contributed by atoms with van der Waals surface area (Å²) < 4.78 is 4.22. The molecule has 0 amide bonds. The van der Waals surface area contributed by atoms with E-state index >= 15 is 0 Å². The van der Waals surface area contributed by atoms with Crippen molar-refractivity contribution in [2.24, 2.45) is 5.92 Å². The van der Waals surface area contributed by atoms with Crippen LogP contribution < -0.4 is 5.32 Å². The lowest BCUT2D eigenvalue weighted by atomic mass is 9.98. The summed E-state index contributed by atoms with van der Waals surface area (Å²) in [7, 11) is 0. The molecule has 8 heteroatoms. The van der Waals surface area contributed by atoms with E-state index in [0.29, 0.717) is 11.8 Å². The Balaban J connectivity index is 1.51. The molecule has 0 radical (unpaired) electrons. The largest absolute Gasteiger partial charge is 0.314 e. The standard InChI is InChI=1S/C16H28N8/c1-4-5-8-24-15(19-21-22-24)10-17-9-13-6-7-14-18-20-16(12(2)3)23(14)11-13/h12-13,17H,4-11H2,1-3H3/t13-/m1/s1. The molecule has 8 nitrogen and oxygen atoms in total. The van der Waals surface area contributed by atoms with E-state index in [4.69, 9.17) is 0 Å². The summed E-state index contributed by atoms with van der Waals surface area (Å²) in [6.45, 7) is 10.1. The molecule has 3 rings (SSSR count). The van der Waals surface area contributed by atoms with Crippen LogP contribution in [0.25, 0.3) is 0 Å². The Morgan fingerprint density at radius 1 is 1.25 bits per heavy atom. The molecule has 0 aromatic carbocycles. The molecule has 2 aromatic rings. The van der Waals surface area contributed by atoms with E-state index in [2.05, 4.69) is 56.4 Å². The molecular formula is C16H28N8. The number of fused-ring (bicyclic) bond motifs is 1. The van der Waals surface area contributed by atoms with Gasteiger partial charge < -0.3 is 9.88 Å². The highest BCUT2D eigenvalue weighted by molar-refractivity contribution is 5.03. The minimum absolute atomic E-state index is 0.418. The molecule has 1 atom stereocenters. The van der Waals surface area contributed by atoms with Crippen molar-refractivity contribution in [3.63, 3.8) is 0 Å². The topological polar surface area (TPSA) is 86.3 Å². The Morgan fingerprint density at radius 2 is 2.12 bits per heavy atom. The van der Waals surface area contributed by atoms with Crippen LogP contribution in [0.4, 0.5) is 0 Å². The van der Waals surface area contributed by atoms with Crippen molar-refractivity contribution < 1.29 is 0 Å². The summed E-state index contributed by atoms with van der Waals surface area (Å²) in [5.74, 6) is 4.19. The second-order valence-electron chi connectivity index (χ2n) is 6.95. The van der Waals surface area contributed by atoms with E-state index in [1.807, 2.05) is 4.68 Å². The summed E-state index contributed by atoms with van der Waals surface area (Å²) in [5.41, 5.74) is 0. The highest BCUT2D eigenvalue weighted by Gasteiger charge is 2.23. The fraction of sp³-hybridized carbons (Fsp3) is 0.812. The first-order chi connectivity index (χ1) is 11.7. The quantitative estimate of drug-likeness (QED) is 0.789. The Bertz CT molecular complexity index is 644. The minimum Gasteiger partial charge on any atom is -0.314 e. The molecule has 1 aliphatic rings. The van der Waals surface area contributed by atoms with Crippen LogP contribution in [-0.4, -0.2) is 41.5 Å². The molecule has 0 fully saturated rings. The lowest BCUT2D eigenvalue weighted by Gasteiger charge is -2.25. The van der Waals surface area contributed by atoms with Gasteiger partial charge in [-0.25, -0.2) is 4.68 Å². The van der Waals surface area contributed by atoms with Crippen LogP contribution in [0.3, 0.4) is 0 Å². The molecule has 0 spiro atoms. The molecular weight excluding hydrogens is 304 g/mol. The third kappa shape index (κ3) is 3.80. The molecule has 1 aliphatic heterocycles. The van der Waals surface area contributed by atoms with Crippen LogP contribution in [0, 0.1) is 5.92 Å². The number of aryl methyl sites for hydroxylation is 2. The third-order valence-corrected chi connectivity index (χ3v) is 4.64. The molecule has 0 saturated carbocycles. The first-order valence-corrected chi connectivity index (χ1v) is 9.06. The van der Waals surface area contributed by atoms with Crippen LogP contribution in [-0.2, 0) is 26.1 Å². The number of aromatic nitrogens is 7. The van der Waals surface area contributed by atoms with E-state index in [9.17, 15) is 0 Å². The van der Waals surface area contributed by atoms with Gasteiger partial charge in [-0.05, 0) is 29.2 Å². The Labute approximate surface area is 143 Å². The van der Waals surface area contributed by atoms with Gasteiger partial charge in [0.05, 0.1) is 6.54 Å². The maximum atomic E-state index is 4.36. The van der Waals surface area contributed by atoms with Crippen molar-refractivity contribution in [1.29, 1.82) is 0 Å². The van der Waals surface area contributed by atoms with Crippen molar-refractivity contribution in [2.45, 2.75) is 72.0 Å². The fourth-order valence-electron chi connectivity index (χ4n) is 3.23. The monoisotopic (exact) mass is 332 g/mol. The van der Waals surface area contributed by atoms with Gasteiger partial charge in [-0.3, -0.25) is 0 Å². The zero-order valence-corrected chi connectivity index (χ0v) is 14.9. The smallest absolute Gasteiger partial charge is 0.165 e. The zero-order chi connectivity index (χ0) is 16.9. The van der Waals surface area contributed by atoms with Crippen molar-refractivity contribution >= 4 is 0 Å². The Hall–Kier alpha value is -1.83. The van der Waals surface area contributed by atoms with E-state index in [0.717, 1.165) is 69.3 Å². The summed E-state index contributed by atoms with van der Waals surface area (Å²) >= 11 is 0. The van der Waals surface area contributed by atoms with Gasteiger partial charge in [-0.15, -0.1) is 15.3 Å². The maximum Gasteiger partial charge on any atom is 0.165 e. The number of unbranched alkanes of at least 4 members (excludes halogenated alkanes) is 1. The Morgan fingerprint density at radius 3 is 2.92 bits per heavy atom. The minimum atomic E-state index is 0.418. The number of hydrogen-bond donors (Lipinski definition) is 1. The first kappa shape index (κ1) is 17.0. The Kier molecular flexibility index (Phi) is 5.55. The summed E-state index contributed by atoms with van der Waals surface area (Å²) in [5, 5.41) is 24.2. The molecule has 1 N–H and O–H groups in total. The first-order valence-electron chi connectivity index (χ1n) is 9.06. The molecule has 2 aromatic heterocycles. The van der Waals surface area contributed by atoms with Crippen LogP contribution in [0.5, 0.6) is 0 Å². The van der Waals surface area contributed by atoms with Crippen molar-refractivity contribution in [2.75, 3.05) is 6.54 Å². The average Bonchev–Trinajstić information content (AvgIpc) is 3.19. The van der Waals surface area contributed by atoms with Gasteiger partial charge in [0.2, 0.25) is 0 Å². The van der Waals surface area contributed by atoms with Crippen LogP contribution in [0.15, 0.2) is 0 Å². The summed E-state index contributed by atoms with van der Waals surface area (Å²) in [4.78, 5) is 0. The number of hydrogen-bond acceptors (Lipinski definition) is 6. The molecule has 132 valence electrons. The van der Waals surface area contributed by atoms with Crippen LogP contribution in [0.2, 0.25) is 0 Å². The average molecular weight is 332 g/mol. The van der Waals surface area contributed by atoms with Gasteiger partial charge in [0.15, 0.2) is 5.82 Å². The number of tetrazole rings is 1. The SMILES string of the molecule is CCCCn1nnnc1CNC[C@H]1CCc2nnc(C(C)C)n2C1. The van der Waals surface area contributed by atoms with Gasteiger partial charge in [-0.1, -0.05) is 27.2 Å². The number of nitrogens with zero attached hydrogens (tertiary/aromatic N) is 7. The summed E-state index contributed by atoms with van der Waals surface area (Å²) in [6.07, 6.45) is 4.42. The van der Waals surface area contributed by atoms with E-state index in [-0.39, 0.29) is 0 Å². The van der Waals surface area contributed by atoms with Gasteiger partial charge >= 0.3 is 0 Å². The highest BCUT2D eigenvalue weighted by Crippen LogP contribution is 2.23. The van der Waals surface area contributed by atoms with Crippen molar-refractivity contribution in [1.82, 2.24) is 40.3 Å². The van der Waals surface area contributed by atoms with Crippen LogP contribution in [0.1, 0.15) is 63.4 Å². The van der Waals surface area contributed by atoms with Gasteiger partial charge in [0.25, 0.3) is 0 Å². The van der Waals surface area contributed by atoms with E-state index in [1.54, 1.807) is 0 Å². The second-order valence-corrected chi connectivity index (χ2v) is 6.95. The molecule has 0 aliphatic carbocycles. The normalized spacial score (nSPS) is 17.4. The maximum absolute atomic E-state index is 4.36. The van der Waals surface area contributed by atoms with Gasteiger partial charge in [0.1, 0.15) is 11.6 Å². The predicted octanol–water partition coefficient (Wildman–Crippen LogP) is 1.54. The fourth-order valence-corrected chi connectivity index (χ4v) is 3.23. The molecule has 24 heavy (non-hydrogen) atoms. The highest BCUT2D eigenvalue weighted by atomic mass is 15.5. The van der Waals surface area contributed by atoms with Crippen molar-refractivity contribution in [3.05, 3.63) is 17.5 Å². The van der Waals surface area contributed by atoms with E-state index < -0.39 is 0 Å². The lowest BCUT2D eigenvalue weighted by Crippen LogP contribution is -2.31. The predicted molar refractivity (Wildman–Crippen MR) is 90.4 cm³/mol. The molecule has 3 heterocycles. The number of nitrogens with one attached hydrogen (secondary N) is 1. The zero-order valence-electron chi connectivity index (χ0n) is 14.9. The molecule has 0 saturated heterocycles. The van der Waals surface area contributed by atoms with Gasteiger partial charge in [0, 0.05) is 32.0 Å². The van der Waals surface area contributed by atoms with Gasteiger partial charge in [-0.2, -0.15) is 0 Å². The van der Waals surface area contributed by atoms with Crippen molar-refractivity contribution in [3.8, 4) is 0 Å². The second kappa shape index (κ2) is 7.83. The van der Waals surface area contributed by atoms with Crippen LogP contribution >= 0.6 is 0 Å². The third-order valence-electron chi connectivity index (χ3n) is 4.64. The molecule has 0 bridgehead atoms. The van der Waals surface area contributed by atoms with E-state index in [1.165, 1.54) is 0 Å². The lowest BCUT2D eigenvalue weighted by molar-refractivity contribution is 0.337. The summed E-state index contributed by atoms with van der Waals surface area (Å²) in [6, 6.07) is 0. The number of rotatable bonds is 8.